The molecule has 56 valence electrons. The van der Waals surface area contributed by atoms with E-state index in [-0.39, 0.29) is 5.41 Å². The predicted octanol–water partition coefficient (Wildman–Crippen LogP) is 2.19. The van der Waals surface area contributed by atoms with Gasteiger partial charge in [0.05, 0.1) is 10.8 Å². The Labute approximate surface area is 64.3 Å². The summed E-state index contributed by atoms with van der Waals surface area (Å²) in [6.07, 6.45) is 1.94. The van der Waals surface area contributed by atoms with Crippen LogP contribution in [-0.4, -0.2) is 4.21 Å². The molecule has 1 unspecified atom stereocenters. The highest BCUT2D eigenvalue weighted by molar-refractivity contribution is 7.91. The average Bonchev–Trinajstić information content (AvgIpc) is 2.11. The molecule has 0 aromatic carbocycles. The number of allylic oxidation sites excluding steroid dienone is 2. The Bertz CT molecular complexity index is 218. The minimum Gasteiger partial charge on any atom is -0.250 e. The standard InChI is InChI=1S/C8H12OS/c1-8(2,3)7-4-5-10(9)6-7/h4-6H,1-3H3. The third-order valence-corrected chi connectivity index (χ3v) is 2.38. The van der Waals surface area contributed by atoms with E-state index in [1.165, 1.54) is 5.57 Å². The van der Waals surface area contributed by atoms with Crippen LogP contribution in [0.1, 0.15) is 20.8 Å². The van der Waals surface area contributed by atoms with Crippen molar-refractivity contribution < 1.29 is 4.21 Å². The van der Waals surface area contributed by atoms with Crippen LogP contribution in [0.3, 0.4) is 0 Å². The van der Waals surface area contributed by atoms with Crippen LogP contribution in [0, 0.1) is 5.41 Å². The zero-order valence-electron chi connectivity index (χ0n) is 6.55. The van der Waals surface area contributed by atoms with Gasteiger partial charge in [0, 0.05) is 10.8 Å². The van der Waals surface area contributed by atoms with E-state index in [9.17, 15) is 4.21 Å². The molecule has 2 heteroatoms. The van der Waals surface area contributed by atoms with Crippen molar-refractivity contribution in [2.75, 3.05) is 0 Å². The van der Waals surface area contributed by atoms with E-state index in [4.69, 9.17) is 0 Å². The van der Waals surface area contributed by atoms with Gasteiger partial charge < -0.3 is 0 Å². The van der Waals surface area contributed by atoms with Gasteiger partial charge in [-0.25, -0.2) is 0 Å². The topological polar surface area (TPSA) is 17.1 Å². The molecule has 0 aliphatic carbocycles. The van der Waals surface area contributed by atoms with Crippen molar-refractivity contribution in [3.05, 3.63) is 22.5 Å². The zero-order valence-corrected chi connectivity index (χ0v) is 7.37. The van der Waals surface area contributed by atoms with Gasteiger partial charge in [0.25, 0.3) is 0 Å². The van der Waals surface area contributed by atoms with Crippen molar-refractivity contribution in [3.63, 3.8) is 0 Å². The summed E-state index contributed by atoms with van der Waals surface area (Å²) in [5, 5.41) is 3.53. The maximum atomic E-state index is 10.8. The van der Waals surface area contributed by atoms with E-state index in [1.807, 2.05) is 6.08 Å². The summed E-state index contributed by atoms with van der Waals surface area (Å²) in [6, 6.07) is 0. The molecule has 0 N–H and O–H groups in total. The van der Waals surface area contributed by atoms with Crippen LogP contribution in [-0.2, 0) is 10.8 Å². The van der Waals surface area contributed by atoms with Crippen LogP contribution < -0.4 is 0 Å². The number of rotatable bonds is 0. The molecule has 0 saturated carbocycles. The molecule has 1 heterocycles. The summed E-state index contributed by atoms with van der Waals surface area (Å²) in [5.41, 5.74) is 1.31. The molecule has 0 spiro atoms. The highest BCUT2D eigenvalue weighted by atomic mass is 32.2. The second kappa shape index (κ2) is 2.35. The van der Waals surface area contributed by atoms with Crippen LogP contribution >= 0.6 is 0 Å². The minimum atomic E-state index is -0.842. The van der Waals surface area contributed by atoms with Gasteiger partial charge in [-0.1, -0.05) is 20.8 Å². The highest BCUT2D eigenvalue weighted by Crippen LogP contribution is 2.29. The monoisotopic (exact) mass is 156 g/mol. The van der Waals surface area contributed by atoms with E-state index >= 15 is 0 Å². The van der Waals surface area contributed by atoms with Crippen molar-refractivity contribution in [2.45, 2.75) is 20.8 Å². The van der Waals surface area contributed by atoms with Gasteiger partial charge in [0.15, 0.2) is 0 Å². The van der Waals surface area contributed by atoms with E-state index < -0.39 is 10.8 Å². The second-order valence-corrected chi connectivity index (χ2v) is 4.62. The van der Waals surface area contributed by atoms with Gasteiger partial charge in [0.1, 0.15) is 0 Å². The average molecular weight is 156 g/mol. The third kappa shape index (κ3) is 1.57. The first-order valence-electron chi connectivity index (χ1n) is 3.30. The maximum absolute atomic E-state index is 10.8. The molecule has 0 fully saturated rings. The SMILES string of the molecule is CC(C)(C)C1=CS(=O)C=C1. The largest absolute Gasteiger partial charge is 0.250 e. The fourth-order valence-electron chi connectivity index (χ4n) is 0.771. The zero-order chi connectivity index (χ0) is 7.78. The van der Waals surface area contributed by atoms with Crippen molar-refractivity contribution in [2.24, 2.45) is 5.41 Å². The summed E-state index contributed by atoms with van der Waals surface area (Å²) >= 11 is 0. The molecular formula is C8H12OS. The molecule has 0 aromatic rings. The molecule has 1 aliphatic heterocycles. The Morgan fingerprint density at radius 3 is 2.20 bits per heavy atom. The van der Waals surface area contributed by atoms with E-state index in [0.29, 0.717) is 0 Å². The molecule has 0 aromatic heterocycles. The Morgan fingerprint density at radius 2 is 2.00 bits per heavy atom. The molecule has 1 rings (SSSR count). The Kier molecular flexibility index (Phi) is 1.82. The molecule has 1 aliphatic rings. The molecule has 1 atom stereocenters. The normalized spacial score (nSPS) is 25.1. The van der Waals surface area contributed by atoms with Crippen LogP contribution in [0.4, 0.5) is 0 Å². The summed E-state index contributed by atoms with van der Waals surface area (Å²) in [5.74, 6) is 0. The summed E-state index contributed by atoms with van der Waals surface area (Å²) in [7, 11) is -0.842. The second-order valence-electron chi connectivity index (χ2n) is 3.45. The van der Waals surface area contributed by atoms with Gasteiger partial charge in [-0.05, 0) is 17.1 Å². The molecule has 10 heavy (non-hydrogen) atoms. The number of hydrogen-bond acceptors (Lipinski definition) is 1. The lowest BCUT2D eigenvalue weighted by atomic mass is 9.88. The van der Waals surface area contributed by atoms with Crippen molar-refractivity contribution >= 4 is 10.8 Å². The van der Waals surface area contributed by atoms with Crippen molar-refractivity contribution in [1.29, 1.82) is 0 Å². The van der Waals surface area contributed by atoms with Gasteiger partial charge in [-0.2, -0.15) is 0 Å². The molecular weight excluding hydrogens is 144 g/mol. The van der Waals surface area contributed by atoms with E-state index in [0.717, 1.165) is 0 Å². The summed E-state index contributed by atoms with van der Waals surface area (Å²) in [4.78, 5) is 0. The van der Waals surface area contributed by atoms with Gasteiger partial charge in [-0.15, -0.1) is 0 Å². The van der Waals surface area contributed by atoms with Crippen LogP contribution in [0.25, 0.3) is 0 Å². The summed E-state index contributed by atoms with van der Waals surface area (Å²) < 4.78 is 10.8. The smallest absolute Gasteiger partial charge is 0.0705 e. The first kappa shape index (κ1) is 7.73. The van der Waals surface area contributed by atoms with Gasteiger partial charge in [0.2, 0.25) is 0 Å². The fraction of sp³-hybridized carbons (Fsp3) is 0.500. The van der Waals surface area contributed by atoms with Crippen LogP contribution in [0.5, 0.6) is 0 Å². The predicted molar refractivity (Wildman–Crippen MR) is 44.8 cm³/mol. The van der Waals surface area contributed by atoms with Crippen molar-refractivity contribution in [3.8, 4) is 0 Å². The lowest BCUT2D eigenvalue weighted by molar-refractivity contribution is 0.519. The molecule has 0 bridgehead atoms. The minimum absolute atomic E-state index is 0.142. The van der Waals surface area contributed by atoms with Gasteiger partial charge >= 0.3 is 0 Å². The van der Waals surface area contributed by atoms with Gasteiger partial charge in [-0.3, -0.25) is 4.21 Å². The first-order chi connectivity index (χ1) is 4.50. The van der Waals surface area contributed by atoms with Crippen molar-refractivity contribution in [1.82, 2.24) is 0 Å². The third-order valence-electron chi connectivity index (χ3n) is 1.49. The lowest BCUT2D eigenvalue weighted by Gasteiger charge is -2.17. The molecule has 0 saturated heterocycles. The van der Waals surface area contributed by atoms with Crippen LogP contribution in [0.15, 0.2) is 22.5 Å². The quantitative estimate of drug-likeness (QED) is 0.525. The van der Waals surface area contributed by atoms with E-state index in [1.54, 1.807) is 10.8 Å². The van der Waals surface area contributed by atoms with E-state index in [2.05, 4.69) is 20.8 Å². The highest BCUT2D eigenvalue weighted by Gasteiger charge is 2.17. The molecule has 0 amide bonds. The summed E-state index contributed by atoms with van der Waals surface area (Å²) in [6.45, 7) is 6.35. The first-order valence-corrected chi connectivity index (χ1v) is 4.57. The number of hydrogen-bond donors (Lipinski definition) is 0. The lowest BCUT2D eigenvalue weighted by Crippen LogP contribution is -2.05. The van der Waals surface area contributed by atoms with Crippen LogP contribution in [0.2, 0.25) is 0 Å². The Balaban J connectivity index is 2.88. The fourth-order valence-corrected chi connectivity index (χ4v) is 1.81. The molecule has 0 radical (unpaired) electrons. The molecule has 1 nitrogen and oxygen atoms in total. The Morgan fingerprint density at radius 1 is 1.40 bits per heavy atom. The Hall–Kier alpha value is -0.370. The maximum Gasteiger partial charge on any atom is 0.0705 e.